The highest BCUT2D eigenvalue weighted by atomic mass is 35.5. The molecule has 2 amide bonds. The summed E-state index contributed by atoms with van der Waals surface area (Å²) in [6.45, 7) is 1.89. The highest BCUT2D eigenvalue weighted by molar-refractivity contribution is 6.31. The molecule has 2 atom stereocenters. The van der Waals surface area contributed by atoms with Gasteiger partial charge in [-0.25, -0.2) is 0 Å². The van der Waals surface area contributed by atoms with Gasteiger partial charge in [0.2, 0.25) is 17.6 Å². The molecule has 0 bridgehead atoms. The third-order valence-corrected chi connectivity index (χ3v) is 7.47. The molecule has 3 aromatic carbocycles. The normalized spacial score (nSPS) is 16.8. The van der Waals surface area contributed by atoms with Crippen molar-refractivity contribution in [3.63, 3.8) is 0 Å². The van der Waals surface area contributed by atoms with Crippen LogP contribution in [0.1, 0.15) is 30.0 Å². The summed E-state index contributed by atoms with van der Waals surface area (Å²) in [5, 5.41) is 3.52. The van der Waals surface area contributed by atoms with Crippen LogP contribution in [-0.4, -0.2) is 47.4 Å². The molecule has 40 heavy (non-hydrogen) atoms. The maximum atomic E-state index is 14.0. The van der Waals surface area contributed by atoms with Gasteiger partial charge in [0.1, 0.15) is 11.5 Å². The minimum absolute atomic E-state index is 0.134. The fourth-order valence-corrected chi connectivity index (χ4v) is 5.16. The van der Waals surface area contributed by atoms with Crippen LogP contribution in [-0.2, 0) is 9.59 Å². The molecule has 0 aromatic heterocycles. The summed E-state index contributed by atoms with van der Waals surface area (Å²) in [6.07, 6.45) is 0.491. The van der Waals surface area contributed by atoms with Crippen LogP contribution in [0.2, 0.25) is 5.02 Å². The molecule has 0 saturated carbocycles. The molecule has 1 heterocycles. The number of piperidine rings is 1. The van der Waals surface area contributed by atoms with Gasteiger partial charge in [-0.3, -0.25) is 9.59 Å². The zero-order valence-electron chi connectivity index (χ0n) is 23.4. The Labute approximate surface area is 238 Å². The number of ether oxygens (including phenoxy) is 5. The number of methoxy groups -OCH3 is 5. The molecule has 10 heteroatoms. The van der Waals surface area contributed by atoms with E-state index in [9.17, 15) is 9.59 Å². The second kappa shape index (κ2) is 12.4. The monoisotopic (exact) mass is 568 g/mol. The number of amides is 2. The first-order valence-corrected chi connectivity index (χ1v) is 13.0. The second-order valence-electron chi connectivity index (χ2n) is 9.30. The molecular weight excluding hydrogens is 536 g/mol. The fraction of sp³-hybridized carbons (Fsp3) is 0.333. The van der Waals surface area contributed by atoms with Crippen molar-refractivity contribution in [3.8, 4) is 28.7 Å². The zero-order valence-corrected chi connectivity index (χ0v) is 24.1. The van der Waals surface area contributed by atoms with Crippen molar-refractivity contribution in [2.45, 2.75) is 25.8 Å². The Bertz CT molecular complexity index is 1390. The third-order valence-electron chi connectivity index (χ3n) is 7.06. The van der Waals surface area contributed by atoms with Gasteiger partial charge < -0.3 is 33.9 Å². The molecule has 4 rings (SSSR count). The molecule has 1 fully saturated rings. The van der Waals surface area contributed by atoms with E-state index >= 15 is 0 Å². The Hall–Kier alpha value is -4.11. The topological polar surface area (TPSA) is 95.6 Å². The van der Waals surface area contributed by atoms with E-state index in [1.807, 2.05) is 19.1 Å². The van der Waals surface area contributed by atoms with Crippen LogP contribution in [0, 0.1) is 12.8 Å². The van der Waals surface area contributed by atoms with Crippen LogP contribution in [0.3, 0.4) is 0 Å². The number of aryl methyl sites for hydroxylation is 1. The van der Waals surface area contributed by atoms with Gasteiger partial charge in [-0.1, -0.05) is 17.7 Å². The summed E-state index contributed by atoms with van der Waals surface area (Å²) < 4.78 is 27.5. The standard InChI is InChI=1S/C30H33ClN2O7/c1-17-7-8-19(15-22(17)31)33-27(34)12-10-21(30(35)32-23-11-9-20(36-2)16-24(23)37-3)28(33)18-13-25(38-4)29(40-6)26(14-18)39-5/h7-9,11,13-16,21,28H,10,12H2,1-6H3,(H,32,35)/t21-,28+/m1/s1. The molecule has 3 aromatic rings. The first-order valence-electron chi connectivity index (χ1n) is 12.7. The highest BCUT2D eigenvalue weighted by Gasteiger charge is 2.42. The van der Waals surface area contributed by atoms with Gasteiger partial charge in [0.25, 0.3) is 0 Å². The van der Waals surface area contributed by atoms with Gasteiger partial charge in [-0.2, -0.15) is 0 Å². The SMILES string of the molecule is COc1ccc(NC(=O)[C@@H]2CCC(=O)N(c3ccc(C)c(Cl)c3)[C@H]2c2cc(OC)c(OC)c(OC)c2)c(OC)c1. The maximum absolute atomic E-state index is 14.0. The van der Waals surface area contributed by atoms with Gasteiger partial charge in [-0.05, 0) is 60.9 Å². The number of carbonyl (C=O) groups excluding carboxylic acids is 2. The number of anilines is 2. The van der Waals surface area contributed by atoms with E-state index in [0.29, 0.717) is 57.1 Å². The lowest BCUT2D eigenvalue weighted by Crippen LogP contribution is -2.47. The molecule has 1 N–H and O–H groups in total. The van der Waals surface area contributed by atoms with Crippen molar-refractivity contribution in [2.75, 3.05) is 45.8 Å². The van der Waals surface area contributed by atoms with Gasteiger partial charge >= 0.3 is 0 Å². The summed E-state index contributed by atoms with van der Waals surface area (Å²) in [5.41, 5.74) is 2.58. The van der Waals surface area contributed by atoms with Crippen molar-refractivity contribution < 1.29 is 33.3 Å². The molecule has 0 aliphatic carbocycles. The average Bonchev–Trinajstić information content (AvgIpc) is 2.97. The van der Waals surface area contributed by atoms with Gasteiger partial charge in [0, 0.05) is 23.2 Å². The average molecular weight is 569 g/mol. The van der Waals surface area contributed by atoms with E-state index in [4.69, 9.17) is 35.3 Å². The third kappa shape index (κ3) is 5.60. The minimum Gasteiger partial charge on any atom is -0.497 e. The van der Waals surface area contributed by atoms with Crippen LogP contribution in [0.5, 0.6) is 28.7 Å². The largest absolute Gasteiger partial charge is 0.497 e. The first kappa shape index (κ1) is 28.9. The predicted molar refractivity (Wildman–Crippen MR) is 153 cm³/mol. The molecule has 1 saturated heterocycles. The van der Waals surface area contributed by atoms with E-state index in [1.165, 1.54) is 28.4 Å². The van der Waals surface area contributed by atoms with Gasteiger partial charge in [0.15, 0.2) is 11.5 Å². The zero-order chi connectivity index (χ0) is 29.0. The van der Waals surface area contributed by atoms with Crippen LogP contribution < -0.4 is 33.9 Å². The van der Waals surface area contributed by atoms with Crippen molar-refractivity contribution in [1.82, 2.24) is 0 Å². The molecule has 0 spiro atoms. The number of hydrogen-bond acceptors (Lipinski definition) is 7. The molecule has 1 aliphatic rings. The summed E-state index contributed by atoms with van der Waals surface area (Å²) in [5.74, 6) is 1.21. The minimum atomic E-state index is -0.710. The summed E-state index contributed by atoms with van der Waals surface area (Å²) in [7, 11) is 7.63. The lowest BCUT2D eigenvalue weighted by molar-refractivity contribution is -0.126. The Morgan fingerprint density at radius 2 is 1.55 bits per heavy atom. The number of halogens is 1. The molecule has 0 unspecified atom stereocenters. The molecular formula is C30H33ClN2O7. The van der Waals surface area contributed by atoms with Crippen LogP contribution in [0.4, 0.5) is 11.4 Å². The predicted octanol–water partition coefficient (Wildman–Crippen LogP) is 5.81. The van der Waals surface area contributed by atoms with Gasteiger partial charge in [-0.15, -0.1) is 0 Å². The van der Waals surface area contributed by atoms with Gasteiger partial charge in [0.05, 0.1) is 53.2 Å². The number of rotatable bonds is 9. The first-order chi connectivity index (χ1) is 19.3. The molecule has 1 aliphatic heterocycles. The summed E-state index contributed by atoms with van der Waals surface area (Å²) in [4.78, 5) is 29.1. The van der Waals surface area contributed by atoms with Crippen molar-refractivity contribution >= 4 is 34.8 Å². The number of nitrogens with zero attached hydrogens (tertiary/aromatic N) is 1. The molecule has 9 nitrogen and oxygen atoms in total. The van der Waals surface area contributed by atoms with Crippen molar-refractivity contribution in [3.05, 3.63) is 64.7 Å². The molecule has 0 radical (unpaired) electrons. The lowest BCUT2D eigenvalue weighted by atomic mass is 9.82. The summed E-state index contributed by atoms with van der Waals surface area (Å²) in [6, 6.07) is 13.4. The molecule has 212 valence electrons. The summed E-state index contributed by atoms with van der Waals surface area (Å²) >= 11 is 6.48. The quantitative estimate of drug-likeness (QED) is 0.348. The number of benzene rings is 3. The Balaban J connectivity index is 1.85. The van der Waals surface area contributed by atoms with Crippen LogP contribution in [0.15, 0.2) is 48.5 Å². The van der Waals surface area contributed by atoms with Crippen molar-refractivity contribution in [1.29, 1.82) is 0 Å². The van der Waals surface area contributed by atoms with E-state index in [2.05, 4.69) is 5.32 Å². The highest BCUT2D eigenvalue weighted by Crippen LogP contribution is 2.46. The Morgan fingerprint density at radius 3 is 2.12 bits per heavy atom. The van der Waals surface area contributed by atoms with E-state index in [0.717, 1.165) is 5.56 Å². The van der Waals surface area contributed by atoms with E-state index in [1.54, 1.807) is 48.4 Å². The smallest absolute Gasteiger partial charge is 0.230 e. The fourth-order valence-electron chi connectivity index (χ4n) is 4.98. The number of nitrogens with one attached hydrogen (secondary N) is 1. The van der Waals surface area contributed by atoms with E-state index < -0.39 is 12.0 Å². The lowest BCUT2D eigenvalue weighted by Gasteiger charge is -2.41. The van der Waals surface area contributed by atoms with Crippen LogP contribution >= 0.6 is 11.6 Å². The number of hydrogen-bond donors (Lipinski definition) is 1. The van der Waals surface area contributed by atoms with Crippen molar-refractivity contribution in [2.24, 2.45) is 5.92 Å². The second-order valence-corrected chi connectivity index (χ2v) is 9.71. The Morgan fingerprint density at radius 1 is 0.875 bits per heavy atom. The van der Waals surface area contributed by atoms with E-state index in [-0.39, 0.29) is 18.2 Å². The Kier molecular flexibility index (Phi) is 8.94. The number of carbonyl (C=O) groups is 2. The van der Waals surface area contributed by atoms with Crippen LogP contribution in [0.25, 0.3) is 0 Å². The maximum Gasteiger partial charge on any atom is 0.230 e.